The summed E-state index contributed by atoms with van der Waals surface area (Å²) in [5, 5.41) is 5.84. The fraction of sp³-hybridized carbons (Fsp3) is 0.455. The number of nitrogens with zero attached hydrogens (tertiary/aromatic N) is 1. The van der Waals surface area contributed by atoms with Crippen LogP contribution in [0.15, 0.2) is 18.3 Å². The van der Waals surface area contributed by atoms with Gasteiger partial charge in [0.2, 0.25) is 0 Å². The highest BCUT2D eigenvalue weighted by Crippen LogP contribution is 2.07. The lowest BCUT2D eigenvalue weighted by molar-refractivity contribution is 0.0951. The van der Waals surface area contributed by atoms with Gasteiger partial charge >= 0.3 is 0 Å². The Labute approximate surface area is 95.2 Å². The Morgan fingerprint density at radius 1 is 1.56 bits per heavy atom. The van der Waals surface area contributed by atoms with Gasteiger partial charge in [-0.1, -0.05) is 0 Å². The number of rotatable bonds is 6. The minimum absolute atomic E-state index is 0.155. The Bertz CT molecular complexity index is 342. The predicted molar refractivity (Wildman–Crippen MR) is 62.6 cm³/mol. The number of ether oxygens (including phenoxy) is 1. The first kappa shape index (κ1) is 12.4. The Balaban J connectivity index is 2.60. The quantitative estimate of drug-likeness (QED) is 0.703. The van der Waals surface area contributed by atoms with Crippen LogP contribution in [0.5, 0.6) is 0 Å². The van der Waals surface area contributed by atoms with Crippen LogP contribution in [0.25, 0.3) is 0 Å². The summed E-state index contributed by atoms with van der Waals surface area (Å²) in [6, 6.07) is 3.54. The predicted octanol–water partition coefficient (Wildman–Crippen LogP) is 0.890. The molecule has 0 saturated carbocycles. The summed E-state index contributed by atoms with van der Waals surface area (Å²) < 4.78 is 4.92. The average Bonchev–Trinajstić information content (AvgIpc) is 2.30. The largest absolute Gasteiger partial charge is 0.383 e. The van der Waals surface area contributed by atoms with Crippen molar-refractivity contribution in [3.05, 3.63) is 24.0 Å². The lowest BCUT2D eigenvalue weighted by Crippen LogP contribution is -2.23. The van der Waals surface area contributed by atoms with Crippen molar-refractivity contribution in [1.82, 2.24) is 10.3 Å². The zero-order chi connectivity index (χ0) is 11.8. The van der Waals surface area contributed by atoms with Crippen molar-refractivity contribution < 1.29 is 9.53 Å². The molecule has 0 aliphatic rings. The molecule has 0 bridgehead atoms. The van der Waals surface area contributed by atoms with Gasteiger partial charge in [-0.25, -0.2) is 0 Å². The highest BCUT2D eigenvalue weighted by molar-refractivity contribution is 5.93. The fourth-order valence-corrected chi connectivity index (χ4v) is 1.21. The molecule has 1 aromatic rings. The van der Waals surface area contributed by atoms with E-state index in [9.17, 15) is 4.79 Å². The number of amides is 1. The van der Waals surface area contributed by atoms with Crippen LogP contribution in [0.3, 0.4) is 0 Å². The molecule has 0 saturated heterocycles. The maximum atomic E-state index is 11.5. The zero-order valence-corrected chi connectivity index (χ0v) is 9.62. The summed E-state index contributed by atoms with van der Waals surface area (Å²) in [7, 11) is 1.65. The van der Waals surface area contributed by atoms with E-state index in [0.29, 0.717) is 25.4 Å². The second kappa shape index (κ2) is 6.79. The molecule has 1 rings (SSSR count). The number of carbonyl (C=O) groups excluding carboxylic acids is 1. The van der Waals surface area contributed by atoms with Gasteiger partial charge < -0.3 is 15.4 Å². The van der Waals surface area contributed by atoms with Gasteiger partial charge in [-0.2, -0.15) is 0 Å². The number of anilines is 1. The van der Waals surface area contributed by atoms with Crippen molar-refractivity contribution in [3.63, 3.8) is 0 Å². The molecule has 0 radical (unpaired) electrons. The molecule has 2 N–H and O–H groups in total. The summed E-state index contributed by atoms with van der Waals surface area (Å²) in [6.07, 6.45) is 1.61. The highest BCUT2D eigenvalue weighted by atomic mass is 16.5. The van der Waals surface area contributed by atoms with Gasteiger partial charge in [-0.3, -0.25) is 9.78 Å². The van der Waals surface area contributed by atoms with Gasteiger partial charge in [0, 0.05) is 32.1 Å². The minimum atomic E-state index is -0.155. The van der Waals surface area contributed by atoms with Crippen LogP contribution in [0.4, 0.5) is 5.69 Å². The Kier molecular flexibility index (Phi) is 5.28. The third kappa shape index (κ3) is 3.86. The molecule has 5 heteroatoms. The maximum Gasteiger partial charge on any atom is 0.269 e. The van der Waals surface area contributed by atoms with Crippen molar-refractivity contribution in [2.45, 2.75) is 6.92 Å². The molecule has 0 aromatic carbocycles. The molecule has 5 nitrogen and oxygen atoms in total. The van der Waals surface area contributed by atoms with E-state index in [0.717, 1.165) is 5.69 Å². The van der Waals surface area contributed by atoms with E-state index in [1.54, 1.807) is 19.4 Å². The van der Waals surface area contributed by atoms with Crippen molar-refractivity contribution >= 4 is 11.6 Å². The lowest BCUT2D eigenvalue weighted by Gasteiger charge is -2.07. The molecule has 16 heavy (non-hydrogen) atoms. The first-order valence-electron chi connectivity index (χ1n) is 5.25. The maximum absolute atomic E-state index is 11.5. The van der Waals surface area contributed by atoms with E-state index in [4.69, 9.17) is 4.74 Å². The number of pyridine rings is 1. The smallest absolute Gasteiger partial charge is 0.269 e. The Morgan fingerprint density at radius 3 is 3.06 bits per heavy atom. The molecule has 0 aliphatic heterocycles. The summed E-state index contributed by atoms with van der Waals surface area (Å²) in [5.41, 5.74) is 1.29. The average molecular weight is 223 g/mol. The van der Waals surface area contributed by atoms with Crippen LogP contribution in [0.1, 0.15) is 17.4 Å². The van der Waals surface area contributed by atoms with E-state index < -0.39 is 0 Å². The monoisotopic (exact) mass is 223 g/mol. The van der Waals surface area contributed by atoms with E-state index >= 15 is 0 Å². The SMILES string of the molecule is CCNC(=O)c1cc(NCCOC)ccn1. The van der Waals surface area contributed by atoms with Gasteiger partial charge in [0.15, 0.2) is 0 Å². The number of aromatic nitrogens is 1. The van der Waals surface area contributed by atoms with E-state index in [1.807, 2.05) is 13.0 Å². The molecule has 1 heterocycles. The Morgan fingerprint density at radius 2 is 2.38 bits per heavy atom. The lowest BCUT2D eigenvalue weighted by atomic mass is 10.3. The first-order chi connectivity index (χ1) is 7.77. The number of hydrogen-bond acceptors (Lipinski definition) is 4. The van der Waals surface area contributed by atoms with Crippen molar-refractivity contribution in [3.8, 4) is 0 Å². The molecule has 0 fully saturated rings. The van der Waals surface area contributed by atoms with Gasteiger partial charge in [0.25, 0.3) is 5.91 Å². The second-order valence-electron chi connectivity index (χ2n) is 3.21. The molecule has 88 valence electrons. The fourth-order valence-electron chi connectivity index (χ4n) is 1.21. The normalized spacial score (nSPS) is 9.88. The number of carbonyl (C=O) groups is 1. The van der Waals surface area contributed by atoms with Crippen LogP contribution in [0.2, 0.25) is 0 Å². The van der Waals surface area contributed by atoms with Crippen LogP contribution in [-0.2, 0) is 4.74 Å². The van der Waals surface area contributed by atoms with Crippen LogP contribution >= 0.6 is 0 Å². The molecule has 0 atom stereocenters. The third-order valence-corrected chi connectivity index (χ3v) is 1.97. The van der Waals surface area contributed by atoms with Crippen molar-refractivity contribution in [1.29, 1.82) is 0 Å². The van der Waals surface area contributed by atoms with Gasteiger partial charge in [0.1, 0.15) is 5.69 Å². The zero-order valence-electron chi connectivity index (χ0n) is 9.62. The summed E-state index contributed by atoms with van der Waals surface area (Å²) >= 11 is 0. The molecule has 1 aromatic heterocycles. The minimum Gasteiger partial charge on any atom is -0.383 e. The van der Waals surface area contributed by atoms with Crippen molar-refractivity contribution in [2.24, 2.45) is 0 Å². The molecule has 0 aliphatic carbocycles. The molecule has 0 unspecified atom stereocenters. The molecular weight excluding hydrogens is 206 g/mol. The first-order valence-corrected chi connectivity index (χ1v) is 5.25. The van der Waals surface area contributed by atoms with E-state index in [-0.39, 0.29) is 5.91 Å². The number of hydrogen-bond donors (Lipinski definition) is 2. The topological polar surface area (TPSA) is 63.2 Å². The number of nitrogens with one attached hydrogen (secondary N) is 2. The van der Waals surface area contributed by atoms with Crippen LogP contribution < -0.4 is 10.6 Å². The summed E-state index contributed by atoms with van der Waals surface area (Å²) in [5.74, 6) is -0.155. The second-order valence-corrected chi connectivity index (χ2v) is 3.21. The number of methoxy groups -OCH3 is 1. The van der Waals surface area contributed by atoms with Crippen LogP contribution in [0, 0.1) is 0 Å². The van der Waals surface area contributed by atoms with Crippen molar-refractivity contribution in [2.75, 3.05) is 32.1 Å². The van der Waals surface area contributed by atoms with Gasteiger partial charge in [0.05, 0.1) is 6.61 Å². The van der Waals surface area contributed by atoms with Gasteiger partial charge in [-0.15, -0.1) is 0 Å². The van der Waals surface area contributed by atoms with E-state index in [1.165, 1.54) is 0 Å². The highest BCUT2D eigenvalue weighted by Gasteiger charge is 2.05. The molecule has 1 amide bonds. The summed E-state index contributed by atoms with van der Waals surface area (Å²) in [6.45, 7) is 3.80. The summed E-state index contributed by atoms with van der Waals surface area (Å²) in [4.78, 5) is 15.5. The third-order valence-electron chi connectivity index (χ3n) is 1.97. The molecular formula is C11H17N3O2. The molecule has 0 spiro atoms. The van der Waals surface area contributed by atoms with Gasteiger partial charge in [-0.05, 0) is 19.1 Å². The standard InChI is InChI=1S/C11H17N3O2/c1-3-12-11(15)10-8-9(4-5-14-10)13-6-7-16-2/h4-5,8H,3,6-7H2,1-2H3,(H,12,15)(H,13,14). The van der Waals surface area contributed by atoms with E-state index in [2.05, 4.69) is 15.6 Å². The van der Waals surface area contributed by atoms with Crippen LogP contribution in [-0.4, -0.2) is 37.7 Å². The Hall–Kier alpha value is -1.62.